The first-order valence-electron chi connectivity index (χ1n) is 13.5. The Morgan fingerprint density at radius 2 is 1.60 bits per heavy atom. The fourth-order valence-electron chi connectivity index (χ4n) is 4.17. The summed E-state index contributed by atoms with van der Waals surface area (Å²) in [6.07, 6.45) is -1.16. The number of carboxylic acids is 2. The summed E-state index contributed by atoms with van der Waals surface area (Å²) in [5.41, 5.74) is 14.1. The monoisotopic (exact) mass is 651 g/mol. The van der Waals surface area contributed by atoms with Crippen molar-refractivity contribution in [1.82, 2.24) is 0 Å². The zero-order chi connectivity index (χ0) is 33.7. The molecule has 1 aliphatic carbocycles. The number of halogens is 3. The van der Waals surface area contributed by atoms with Gasteiger partial charge in [-0.25, -0.2) is 9.59 Å². The first-order chi connectivity index (χ1) is 21.2. The van der Waals surface area contributed by atoms with Crippen molar-refractivity contribution >= 4 is 46.7 Å². The van der Waals surface area contributed by atoms with E-state index < -0.39 is 36.5 Å². The van der Waals surface area contributed by atoms with E-state index in [1.165, 1.54) is 16.2 Å². The molecule has 2 amide bonds. The molecule has 0 radical (unpaired) electrons. The molecule has 0 unspecified atom stereocenters. The van der Waals surface area contributed by atoms with Gasteiger partial charge in [0.15, 0.2) is 0 Å². The van der Waals surface area contributed by atoms with Crippen LogP contribution in [-0.4, -0.2) is 59.3 Å². The van der Waals surface area contributed by atoms with E-state index in [4.69, 9.17) is 31.2 Å². The van der Waals surface area contributed by atoms with Crippen LogP contribution in [0.2, 0.25) is 0 Å². The molecule has 2 aromatic carbocycles. The summed E-state index contributed by atoms with van der Waals surface area (Å²) >= 11 is 1.35. The smallest absolute Gasteiger partial charge is 0.480 e. The maximum absolute atomic E-state index is 12.6. The van der Waals surface area contributed by atoms with Crippen LogP contribution in [0.15, 0.2) is 54.6 Å². The number of hydrogen-bond donors (Lipinski definition) is 4. The van der Waals surface area contributed by atoms with Gasteiger partial charge in [0.25, 0.3) is 11.8 Å². The minimum Gasteiger partial charge on any atom is -0.480 e. The van der Waals surface area contributed by atoms with Gasteiger partial charge in [-0.2, -0.15) is 13.2 Å². The van der Waals surface area contributed by atoms with Gasteiger partial charge in [0.1, 0.15) is 11.4 Å². The third-order valence-electron chi connectivity index (χ3n) is 6.13. The van der Waals surface area contributed by atoms with Crippen LogP contribution in [0, 0.1) is 0 Å². The Kier molecular flexibility index (Phi) is 13.7. The highest BCUT2D eigenvalue weighted by molar-refractivity contribution is 7.14. The zero-order valence-corrected chi connectivity index (χ0v) is 25.0. The van der Waals surface area contributed by atoms with Crippen molar-refractivity contribution < 1.29 is 52.1 Å². The van der Waals surface area contributed by atoms with Crippen LogP contribution in [0.5, 0.6) is 0 Å². The van der Waals surface area contributed by atoms with E-state index in [2.05, 4.69) is 0 Å². The number of benzene rings is 2. The molecule has 0 saturated carbocycles. The van der Waals surface area contributed by atoms with Gasteiger partial charge < -0.3 is 26.4 Å². The van der Waals surface area contributed by atoms with Crippen LogP contribution in [0.3, 0.4) is 0 Å². The first kappa shape index (κ1) is 36.4. The van der Waals surface area contributed by atoms with Gasteiger partial charge in [0.05, 0.1) is 12.2 Å². The van der Waals surface area contributed by atoms with Gasteiger partial charge in [-0.15, -0.1) is 11.3 Å². The largest absolute Gasteiger partial charge is 0.490 e. The van der Waals surface area contributed by atoms with E-state index in [1.807, 2.05) is 12.1 Å². The number of anilines is 1. The first-order valence-corrected chi connectivity index (χ1v) is 14.3. The van der Waals surface area contributed by atoms with E-state index in [0.29, 0.717) is 34.8 Å². The number of nitrogens with two attached hydrogens (primary N) is 2. The van der Waals surface area contributed by atoms with Crippen molar-refractivity contribution in [3.63, 3.8) is 0 Å². The second kappa shape index (κ2) is 16.9. The molecule has 0 aliphatic heterocycles. The molecule has 0 spiro atoms. The van der Waals surface area contributed by atoms with Gasteiger partial charge in [-0.1, -0.05) is 30.3 Å². The van der Waals surface area contributed by atoms with Gasteiger partial charge in [-0.05, 0) is 68.0 Å². The summed E-state index contributed by atoms with van der Waals surface area (Å²) in [5, 5.41) is 16.2. The molecule has 0 atom stereocenters. The molecular formula is C30H32F3N3O8S. The number of aryl methyl sites for hydroxylation is 1. The Labute approximate surface area is 260 Å². The molecule has 0 bridgehead atoms. The Bertz CT molecular complexity index is 1510. The number of rotatable bonds is 8. The third kappa shape index (κ3) is 10.7. The van der Waals surface area contributed by atoms with Crippen LogP contribution in [-0.2, 0) is 33.7 Å². The highest BCUT2D eigenvalue weighted by Gasteiger charge is 2.38. The molecule has 3 aromatic rings. The number of ether oxygens (including phenoxy) is 1. The molecule has 1 aromatic heterocycles. The summed E-state index contributed by atoms with van der Waals surface area (Å²) in [5.74, 6) is -5.14. The number of primary amides is 1. The molecule has 0 fully saturated rings. The topological polar surface area (TPSA) is 190 Å². The molecule has 1 aliphatic rings. The van der Waals surface area contributed by atoms with Crippen LogP contribution in [0.25, 0.3) is 0 Å². The maximum Gasteiger partial charge on any atom is 0.490 e. The fraction of sp³-hybridized carbons (Fsp3) is 0.300. The van der Waals surface area contributed by atoms with Crippen LogP contribution in [0.1, 0.15) is 66.2 Å². The molecule has 1 heterocycles. The second-order valence-electron chi connectivity index (χ2n) is 9.33. The lowest BCUT2D eigenvalue weighted by atomic mass is 9.95. The number of esters is 1. The van der Waals surface area contributed by atoms with Crippen LogP contribution < -0.4 is 16.4 Å². The Hall–Kier alpha value is -4.76. The number of alkyl halides is 3. The average Bonchev–Trinajstić information content (AvgIpc) is 3.41. The lowest BCUT2D eigenvalue weighted by Crippen LogP contribution is -2.35. The number of fused-ring (bicyclic) bond motifs is 1. The summed E-state index contributed by atoms with van der Waals surface area (Å²) in [4.78, 5) is 58.5. The highest BCUT2D eigenvalue weighted by Crippen LogP contribution is 2.34. The predicted molar refractivity (Wildman–Crippen MR) is 159 cm³/mol. The van der Waals surface area contributed by atoms with E-state index in [-0.39, 0.29) is 5.91 Å². The van der Waals surface area contributed by atoms with Gasteiger partial charge in [0, 0.05) is 22.7 Å². The number of hydrogen-bond acceptors (Lipinski definition) is 8. The third-order valence-corrected chi connectivity index (χ3v) is 7.44. The van der Waals surface area contributed by atoms with Crippen molar-refractivity contribution in [1.29, 1.82) is 0 Å². The van der Waals surface area contributed by atoms with Gasteiger partial charge in [-0.3, -0.25) is 19.3 Å². The van der Waals surface area contributed by atoms with E-state index in [1.54, 1.807) is 49.4 Å². The number of carbonyl (C=O) groups excluding carboxylic acids is 3. The summed E-state index contributed by atoms with van der Waals surface area (Å²) in [6.45, 7) is 1.99. The molecule has 242 valence electrons. The van der Waals surface area contributed by atoms with Crippen LogP contribution in [0.4, 0.5) is 18.9 Å². The Balaban J connectivity index is 0.000000263. The molecule has 0 saturated heterocycles. The molecule has 45 heavy (non-hydrogen) atoms. The quantitative estimate of drug-likeness (QED) is 0.256. The lowest BCUT2D eigenvalue weighted by molar-refractivity contribution is -0.192. The number of aliphatic carboxylic acids is 2. The molecular weight excluding hydrogens is 619 g/mol. The minimum absolute atomic E-state index is 0.307. The number of thiophene rings is 1. The normalized spacial score (nSPS) is 11.8. The van der Waals surface area contributed by atoms with E-state index >= 15 is 0 Å². The second-order valence-corrected chi connectivity index (χ2v) is 10.4. The minimum atomic E-state index is -5.08. The van der Waals surface area contributed by atoms with Crippen LogP contribution >= 0.6 is 11.3 Å². The van der Waals surface area contributed by atoms with E-state index in [9.17, 15) is 32.3 Å². The summed E-state index contributed by atoms with van der Waals surface area (Å²) < 4.78 is 36.7. The predicted octanol–water partition coefficient (Wildman–Crippen LogP) is 4.41. The molecule has 6 N–H and O–H groups in total. The zero-order valence-electron chi connectivity index (χ0n) is 24.1. The lowest BCUT2D eigenvalue weighted by Gasteiger charge is -2.21. The fourth-order valence-corrected chi connectivity index (χ4v) is 5.40. The van der Waals surface area contributed by atoms with Crippen molar-refractivity contribution in [2.75, 3.05) is 18.1 Å². The van der Waals surface area contributed by atoms with Crippen molar-refractivity contribution in [2.24, 2.45) is 11.5 Å². The number of carboxylic acid groups (broad SMARTS) is 2. The maximum atomic E-state index is 12.6. The number of carbonyl (C=O) groups is 5. The van der Waals surface area contributed by atoms with Gasteiger partial charge >= 0.3 is 24.1 Å². The molecule has 11 nitrogen and oxygen atoms in total. The SMILES string of the molecule is CCOC(=O)c1c(C(N)=O)sc2c1CCCC2.NCc1cccc(C(=O)N(CC(=O)O)c2ccccc2)c1.O=C(O)C(F)(F)F. The molecule has 4 rings (SSSR count). The number of para-hydroxylation sites is 1. The summed E-state index contributed by atoms with van der Waals surface area (Å²) in [7, 11) is 0. The van der Waals surface area contributed by atoms with E-state index in [0.717, 1.165) is 41.7 Å². The van der Waals surface area contributed by atoms with Gasteiger partial charge in [0.2, 0.25) is 0 Å². The number of amides is 2. The van der Waals surface area contributed by atoms with Crippen molar-refractivity contribution in [3.8, 4) is 0 Å². The Morgan fingerprint density at radius 3 is 2.13 bits per heavy atom. The standard InChI is InChI=1S/C16H16N2O3.C12H15NO3S.C2HF3O2/c17-10-12-5-4-6-13(9-12)16(21)18(11-15(19)20)14-7-2-1-3-8-14;1-2-16-12(15)9-7-5-3-4-6-8(7)17-10(9)11(13)14;3-2(4,5)1(6)7/h1-9H,10-11,17H2,(H,19,20);2-6H2,1H3,(H2,13,14);(H,6,7). The Morgan fingerprint density at radius 1 is 0.978 bits per heavy atom. The summed E-state index contributed by atoms with van der Waals surface area (Å²) in [6, 6.07) is 15.6. The van der Waals surface area contributed by atoms with Crippen molar-refractivity contribution in [2.45, 2.75) is 45.3 Å². The average molecular weight is 652 g/mol. The molecule has 15 heteroatoms. The van der Waals surface area contributed by atoms with Crippen molar-refractivity contribution in [3.05, 3.63) is 86.6 Å². The highest BCUT2D eigenvalue weighted by atomic mass is 32.1. The number of nitrogens with zero attached hydrogens (tertiary/aromatic N) is 1.